The first-order valence-corrected chi connectivity index (χ1v) is 5.89. The van der Waals surface area contributed by atoms with Crippen LogP contribution in [-0.2, 0) is 4.79 Å². The number of nitrogens with zero attached hydrogens (tertiary/aromatic N) is 2. The second-order valence-electron chi connectivity index (χ2n) is 5.15. The van der Waals surface area contributed by atoms with Gasteiger partial charge in [-0.2, -0.15) is 0 Å². The molecule has 0 aliphatic heterocycles. The van der Waals surface area contributed by atoms with E-state index in [4.69, 9.17) is 5.84 Å². The molecular weight excluding hydrogens is 264 g/mol. The molecule has 1 aromatic rings. The molecule has 0 aliphatic rings. The molecule has 0 radical (unpaired) electrons. The number of hydrazine groups is 1. The number of carbonyl (C=O) groups excluding carboxylic acids is 1. The van der Waals surface area contributed by atoms with Gasteiger partial charge in [-0.15, -0.1) is 0 Å². The summed E-state index contributed by atoms with van der Waals surface area (Å²) in [5, 5.41) is 16.2. The van der Waals surface area contributed by atoms with E-state index >= 15 is 0 Å². The number of nitrogens with one attached hydrogen (secondary N) is 3. The van der Waals surface area contributed by atoms with Gasteiger partial charge in [-0.1, -0.05) is 0 Å². The first kappa shape index (κ1) is 15.6. The Kier molecular flexibility index (Phi) is 4.81. The summed E-state index contributed by atoms with van der Waals surface area (Å²) in [5.74, 6) is 5.27. The van der Waals surface area contributed by atoms with E-state index < -0.39 is 4.92 Å². The lowest BCUT2D eigenvalue weighted by Crippen LogP contribution is -2.43. The molecule has 0 atom stereocenters. The van der Waals surface area contributed by atoms with Gasteiger partial charge in [0.25, 0.3) is 5.69 Å². The number of hydrogen-bond donors (Lipinski definition) is 4. The van der Waals surface area contributed by atoms with Crippen LogP contribution in [0.1, 0.15) is 20.8 Å². The summed E-state index contributed by atoms with van der Waals surface area (Å²) >= 11 is 0. The highest BCUT2D eigenvalue weighted by atomic mass is 16.6. The second kappa shape index (κ2) is 6.15. The minimum atomic E-state index is -0.567. The lowest BCUT2D eigenvalue weighted by atomic mass is 10.1. The number of rotatable bonds is 5. The number of nitrogens with two attached hydrogens (primary N) is 1. The standard InChI is InChI=1S/C11H18N6O3/c1-11(2,3)15-10(18)6-13-8-4-7(17(19)20)5-9(14-8)16-12/h4-5H,6,12H2,1-3H3,(H,15,18)(H2,13,14,16). The predicted octanol–water partition coefficient (Wildman–Crippen LogP) is 0.602. The Hall–Kier alpha value is -2.42. The summed E-state index contributed by atoms with van der Waals surface area (Å²) in [6.07, 6.45) is 0. The van der Waals surface area contributed by atoms with Crippen LogP contribution in [-0.4, -0.2) is 27.9 Å². The highest BCUT2D eigenvalue weighted by molar-refractivity contribution is 5.81. The third-order valence-electron chi connectivity index (χ3n) is 2.11. The topological polar surface area (TPSA) is 135 Å². The smallest absolute Gasteiger partial charge is 0.276 e. The number of nitrogen functional groups attached to an aromatic ring is 1. The van der Waals surface area contributed by atoms with Gasteiger partial charge in [0.05, 0.1) is 23.6 Å². The van der Waals surface area contributed by atoms with E-state index in [-0.39, 0.29) is 35.3 Å². The molecule has 1 heterocycles. The molecule has 0 spiro atoms. The third kappa shape index (κ3) is 5.06. The molecule has 0 unspecified atom stereocenters. The summed E-state index contributed by atoms with van der Waals surface area (Å²) in [6, 6.07) is 2.42. The maximum atomic E-state index is 11.6. The Morgan fingerprint density at radius 2 is 2.00 bits per heavy atom. The predicted molar refractivity (Wildman–Crippen MR) is 75.1 cm³/mol. The van der Waals surface area contributed by atoms with Crippen LogP contribution in [0.25, 0.3) is 0 Å². The summed E-state index contributed by atoms with van der Waals surface area (Å²) < 4.78 is 0. The summed E-state index contributed by atoms with van der Waals surface area (Å²) in [4.78, 5) is 25.8. The van der Waals surface area contributed by atoms with Gasteiger partial charge in [0, 0.05) is 5.54 Å². The third-order valence-corrected chi connectivity index (χ3v) is 2.11. The van der Waals surface area contributed by atoms with Crippen LogP contribution >= 0.6 is 0 Å². The Morgan fingerprint density at radius 3 is 2.50 bits per heavy atom. The van der Waals surface area contributed by atoms with Crippen molar-refractivity contribution >= 4 is 23.2 Å². The first-order valence-electron chi connectivity index (χ1n) is 5.89. The van der Waals surface area contributed by atoms with Crippen LogP contribution in [0.15, 0.2) is 12.1 Å². The summed E-state index contributed by atoms with van der Waals surface area (Å²) in [6.45, 7) is 5.52. The summed E-state index contributed by atoms with van der Waals surface area (Å²) in [7, 11) is 0. The number of carbonyl (C=O) groups is 1. The number of anilines is 2. The highest BCUT2D eigenvalue weighted by Crippen LogP contribution is 2.19. The average Bonchev–Trinajstić information content (AvgIpc) is 2.33. The van der Waals surface area contributed by atoms with Crippen LogP contribution in [0, 0.1) is 10.1 Å². The number of hydrogen-bond acceptors (Lipinski definition) is 7. The molecule has 20 heavy (non-hydrogen) atoms. The quantitative estimate of drug-likeness (QED) is 0.353. The zero-order valence-corrected chi connectivity index (χ0v) is 11.6. The lowest BCUT2D eigenvalue weighted by Gasteiger charge is -2.20. The molecule has 1 aromatic heterocycles. The zero-order chi connectivity index (χ0) is 15.3. The highest BCUT2D eigenvalue weighted by Gasteiger charge is 2.15. The van der Waals surface area contributed by atoms with Crippen molar-refractivity contribution in [1.29, 1.82) is 0 Å². The van der Waals surface area contributed by atoms with Crippen molar-refractivity contribution < 1.29 is 9.72 Å². The van der Waals surface area contributed by atoms with E-state index in [2.05, 4.69) is 21.0 Å². The van der Waals surface area contributed by atoms with Crippen LogP contribution in [0.4, 0.5) is 17.3 Å². The van der Waals surface area contributed by atoms with E-state index in [1.54, 1.807) is 0 Å². The largest absolute Gasteiger partial charge is 0.361 e. The van der Waals surface area contributed by atoms with Crippen molar-refractivity contribution in [2.24, 2.45) is 5.84 Å². The molecule has 0 saturated carbocycles. The average molecular weight is 282 g/mol. The monoisotopic (exact) mass is 282 g/mol. The minimum Gasteiger partial charge on any atom is -0.361 e. The molecule has 0 saturated heterocycles. The molecule has 9 heteroatoms. The molecule has 110 valence electrons. The van der Waals surface area contributed by atoms with Gasteiger partial charge in [-0.25, -0.2) is 10.8 Å². The Bertz CT molecular complexity index is 511. The lowest BCUT2D eigenvalue weighted by molar-refractivity contribution is -0.384. The van der Waals surface area contributed by atoms with Gasteiger partial charge in [-0.3, -0.25) is 14.9 Å². The van der Waals surface area contributed by atoms with Crippen LogP contribution in [0.2, 0.25) is 0 Å². The summed E-state index contributed by atoms with van der Waals surface area (Å²) in [5.41, 5.74) is 1.71. The number of aromatic nitrogens is 1. The molecular formula is C11H18N6O3. The van der Waals surface area contributed by atoms with Crippen molar-refractivity contribution in [1.82, 2.24) is 10.3 Å². The molecule has 0 bridgehead atoms. The normalized spacial score (nSPS) is 10.8. The number of amides is 1. The Morgan fingerprint density at radius 1 is 1.40 bits per heavy atom. The zero-order valence-electron chi connectivity index (χ0n) is 11.6. The van der Waals surface area contributed by atoms with Gasteiger partial charge >= 0.3 is 0 Å². The molecule has 5 N–H and O–H groups in total. The maximum absolute atomic E-state index is 11.6. The fourth-order valence-electron chi connectivity index (χ4n) is 1.42. The fourth-order valence-corrected chi connectivity index (χ4v) is 1.42. The van der Waals surface area contributed by atoms with E-state index in [1.807, 2.05) is 20.8 Å². The van der Waals surface area contributed by atoms with Crippen molar-refractivity contribution in [3.8, 4) is 0 Å². The minimum absolute atomic E-state index is 0.0462. The van der Waals surface area contributed by atoms with Gasteiger partial charge in [-0.05, 0) is 20.8 Å². The molecule has 1 rings (SSSR count). The van der Waals surface area contributed by atoms with E-state index in [9.17, 15) is 14.9 Å². The van der Waals surface area contributed by atoms with Crippen molar-refractivity contribution in [3.05, 3.63) is 22.2 Å². The SMILES string of the molecule is CC(C)(C)NC(=O)CNc1cc([N+](=O)[O-])cc(NN)n1. The van der Waals surface area contributed by atoms with E-state index in [1.165, 1.54) is 12.1 Å². The molecule has 0 aliphatic carbocycles. The van der Waals surface area contributed by atoms with Crippen molar-refractivity contribution in [3.63, 3.8) is 0 Å². The van der Waals surface area contributed by atoms with Crippen molar-refractivity contribution in [2.75, 3.05) is 17.3 Å². The van der Waals surface area contributed by atoms with Gasteiger partial charge in [0.2, 0.25) is 5.91 Å². The molecule has 1 amide bonds. The Labute approximate surface area is 116 Å². The van der Waals surface area contributed by atoms with Crippen LogP contribution in [0.5, 0.6) is 0 Å². The van der Waals surface area contributed by atoms with Crippen LogP contribution in [0.3, 0.4) is 0 Å². The molecule has 9 nitrogen and oxygen atoms in total. The second-order valence-corrected chi connectivity index (χ2v) is 5.15. The fraction of sp³-hybridized carbons (Fsp3) is 0.455. The Balaban J connectivity index is 2.75. The van der Waals surface area contributed by atoms with Gasteiger partial charge < -0.3 is 16.1 Å². The van der Waals surface area contributed by atoms with Gasteiger partial charge in [0.1, 0.15) is 11.6 Å². The number of nitro groups is 1. The van der Waals surface area contributed by atoms with Crippen LogP contribution < -0.4 is 21.9 Å². The van der Waals surface area contributed by atoms with Gasteiger partial charge in [0.15, 0.2) is 0 Å². The number of pyridine rings is 1. The van der Waals surface area contributed by atoms with E-state index in [0.29, 0.717) is 0 Å². The molecule has 0 aromatic carbocycles. The molecule has 0 fully saturated rings. The first-order chi connectivity index (χ1) is 9.21. The van der Waals surface area contributed by atoms with E-state index in [0.717, 1.165) is 0 Å². The van der Waals surface area contributed by atoms with Crippen molar-refractivity contribution in [2.45, 2.75) is 26.3 Å². The maximum Gasteiger partial charge on any atom is 0.276 e.